The van der Waals surface area contributed by atoms with E-state index in [2.05, 4.69) is 15.3 Å². The van der Waals surface area contributed by atoms with Crippen LogP contribution in [-0.4, -0.2) is 38.3 Å². The fourth-order valence-electron chi connectivity index (χ4n) is 4.12. The molecule has 9 heteroatoms. The van der Waals surface area contributed by atoms with Crippen molar-refractivity contribution in [3.63, 3.8) is 0 Å². The second kappa shape index (κ2) is 8.25. The van der Waals surface area contributed by atoms with E-state index in [4.69, 9.17) is 5.73 Å². The first kappa shape index (κ1) is 20.6. The van der Waals surface area contributed by atoms with Crippen LogP contribution < -0.4 is 11.1 Å². The Bertz CT molecular complexity index is 1100. The fraction of sp³-hybridized carbons (Fsp3) is 0.381. The number of amides is 1. The number of nitrogens with two attached hydrogens (primary N) is 1. The summed E-state index contributed by atoms with van der Waals surface area (Å²) >= 11 is 1.21. The first-order valence-corrected chi connectivity index (χ1v) is 10.6. The van der Waals surface area contributed by atoms with Gasteiger partial charge in [-0.15, -0.1) is 11.3 Å². The van der Waals surface area contributed by atoms with Crippen LogP contribution >= 0.6 is 11.3 Å². The van der Waals surface area contributed by atoms with E-state index in [9.17, 15) is 19.4 Å². The number of aromatic nitrogens is 2. The van der Waals surface area contributed by atoms with Gasteiger partial charge in [-0.1, -0.05) is 0 Å². The van der Waals surface area contributed by atoms with Crippen molar-refractivity contribution in [2.75, 3.05) is 5.32 Å². The van der Waals surface area contributed by atoms with Gasteiger partial charge in [0.15, 0.2) is 0 Å². The lowest BCUT2D eigenvalue weighted by Gasteiger charge is -2.18. The number of fused-ring (bicyclic) bond motifs is 1. The van der Waals surface area contributed by atoms with Gasteiger partial charge in [0.05, 0.1) is 22.5 Å². The highest BCUT2D eigenvalue weighted by atomic mass is 32.1. The van der Waals surface area contributed by atoms with Gasteiger partial charge in [0.1, 0.15) is 22.8 Å². The molecule has 3 atom stereocenters. The second-order valence-corrected chi connectivity index (χ2v) is 8.68. The van der Waals surface area contributed by atoms with Gasteiger partial charge in [0.25, 0.3) is 5.91 Å². The van der Waals surface area contributed by atoms with Crippen molar-refractivity contribution >= 4 is 39.0 Å². The number of aryl methyl sites for hydroxylation is 2. The third kappa shape index (κ3) is 3.88. The van der Waals surface area contributed by atoms with E-state index in [-0.39, 0.29) is 11.7 Å². The van der Waals surface area contributed by atoms with E-state index in [1.54, 1.807) is 13.0 Å². The summed E-state index contributed by atoms with van der Waals surface area (Å²) in [5.74, 6) is -0.358. The zero-order valence-corrected chi connectivity index (χ0v) is 17.2. The molecule has 5 N–H and O–H groups in total. The number of hydrogen-bond donors (Lipinski definition) is 4. The van der Waals surface area contributed by atoms with Crippen LogP contribution in [-0.2, 0) is 6.42 Å². The second-order valence-electron chi connectivity index (χ2n) is 7.68. The number of nitrogens with one attached hydrogen (secondary N) is 1. The Morgan fingerprint density at radius 1 is 1.33 bits per heavy atom. The Morgan fingerprint density at radius 2 is 2.13 bits per heavy atom. The number of anilines is 2. The van der Waals surface area contributed by atoms with Crippen molar-refractivity contribution in [3.05, 3.63) is 46.3 Å². The van der Waals surface area contributed by atoms with Crippen molar-refractivity contribution < 1.29 is 19.4 Å². The first-order valence-electron chi connectivity index (χ1n) is 9.80. The lowest BCUT2D eigenvalue weighted by molar-refractivity contribution is 0.0189. The summed E-state index contributed by atoms with van der Waals surface area (Å²) in [5, 5.41) is 23.8. The zero-order chi connectivity index (χ0) is 21.4. The van der Waals surface area contributed by atoms with E-state index in [0.29, 0.717) is 51.4 Å². The maximum Gasteiger partial charge on any atom is 0.259 e. The molecule has 1 saturated carbocycles. The van der Waals surface area contributed by atoms with Crippen molar-refractivity contribution in [2.45, 2.75) is 44.8 Å². The standard InChI is InChI=1S/C21H23FN4O3S/c1-10-16-20(24-9-25-21(16)30-18(10)19(23)29)26-14-6-5-13(22)8-12(14)3-2-11-4-7-15(27)17(11)28/h5-6,8-9,11,15,17,27-28H,2-4,7H2,1H3,(H2,23,29)(H,24,25,26)/t11-,15-,17+/m1/s1. The molecule has 1 aliphatic carbocycles. The number of halogens is 1. The van der Waals surface area contributed by atoms with Gasteiger partial charge in [0.2, 0.25) is 0 Å². The molecule has 1 aromatic carbocycles. The SMILES string of the molecule is Cc1c(C(N)=O)sc2ncnc(Nc3ccc(F)cc3CC[C@@H]3CC[C@@H](O)[C@H]3O)c12. The average Bonchev–Trinajstić information content (AvgIpc) is 3.22. The van der Waals surface area contributed by atoms with Gasteiger partial charge >= 0.3 is 0 Å². The molecule has 0 radical (unpaired) electrons. The van der Waals surface area contributed by atoms with Crippen LogP contribution in [0.25, 0.3) is 10.2 Å². The van der Waals surface area contributed by atoms with Gasteiger partial charge in [-0.25, -0.2) is 14.4 Å². The number of hydrogen-bond acceptors (Lipinski definition) is 7. The number of benzene rings is 1. The molecular formula is C21H23FN4O3S. The summed E-state index contributed by atoms with van der Waals surface area (Å²) in [7, 11) is 0. The molecule has 0 aliphatic heterocycles. The van der Waals surface area contributed by atoms with Crippen molar-refractivity contribution in [1.29, 1.82) is 0 Å². The van der Waals surface area contributed by atoms with Gasteiger partial charge in [-0.2, -0.15) is 0 Å². The summed E-state index contributed by atoms with van der Waals surface area (Å²) in [6.07, 6.45) is 2.49. The van der Waals surface area contributed by atoms with E-state index in [0.717, 1.165) is 12.0 Å². The Kier molecular flexibility index (Phi) is 5.68. The lowest BCUT2D eigenvalue weighted by Crippen LogP contribution is -2.25. The van der Waals surface area contributed by atoms with Crippen LogP contribution in [0.1, 0.15) is 40.1 Å². The largest absolute Gasteiger partial charge is 0.390 e. The Balaban J connectivity index is 1.63. The molecule has 1 aliphatic rings. The quantitative estimate of drug-likeness (QED) is 0.477. The van der Waals surface area contributed by atoms with Crippen LogP contribution in [0.3, 0.4) is 0 Å². The number of aliphatic hydroxyl groups excluding tert-OH is 2. The van der Waals surface area contributed by atoms with Crippen molar-refractivity contribution in [2.24, 2.45) is 11.7 Å². The van der Waals surface area contributed by atoms with Crippen LogP contribution in [0.2, 0.25) is 0 Å². The molecule has 0 bridgehead atoms. The average molecular weight is 431 g/mol. The highest BCUT2D eigenvalue weighted by Gasteiger charge is 2.32. The van der Waals surface area contributed by atoms with Gasteiger partial charge < -0.3 is 21.3 Å². The van der Waals surface area contributed by atoms with Crippen LogP contribution in [0, 0.1) is 18.7 Å². The number of thiophene rings is 1. The smallest absolute Gasteiger partial charge is 0.259 e. The minimum Gasteiger partial charge on any atom is -0.390 e. The number of rotatable bonds is 6. The summed E-state index contributed by atoms with van der Waals surface area (Å²) in [6, 6.07) is 4.48. The Labute approximate surface area is 176 Å². The first-order chi connectivity index (χ1) is 14.3. The number of carbonyl (C=O) groups is 1. The van der Waals surface area contributed by atoms with Crippen molar-refractivity contribution in [3.8, 4) is 0 Å². The molecular weight excluding hydrogens is 407 g/mol. The van der Waals surface area contributed by atoms with Crippen LogP contribution in [0.4, 0.5) is 15.9 Å². The molecule has 0 unspecified atom stereocenters. The summed E-state index contributed by atoms with van der Waals surface area (Å²) in [4.78, 5) is 21.3. The fourth-order valence-corrected chi connectivity index (χ4v) is 5.12. The van der Waals surface area contributed by atoms with E-state index >= 15 is 0 Å². The third-order valence-corrected chi connectivity index (χ3v) is 6.98. The normalized spacial score (nSPS) is 21.3. The van der Waals surface area contributed by atoms with Crippen LogP contribution in [0.15, 0.2) is 24.5 Å². The maximum absolute atomic E-state index is 13.9. The zero-order valence-electron chi connectivity index (χ0n) is 16.4. The van der Waals surface area contributed by atoms with Gasteiger partial charge in [-0.3, -0.25) is 4.79 Å². The molecule has 2 aromatic heterocycles. The van der Waals surface area contributed by atoms with E-state index in [1.807, 2.05) is 0 Å². The molecule has 0 spiro atoms. The molecule has 1 fully saturated rings. The third-order valence-electron chi connectivity index (χ3n) is 5.77. The number of aliphatic hydroxyl groups is 2. The van der Waals surface area contributed by atoms with Gasteiger partial charge in [-0.05, 0) is 67.9 Å². The molecule has 2 heterocycles. The molecule has 3 aromatic rings. The number of carbonyl (C=O) groups excluding carboxylic acids is 1. The summed E-state index contributed by atoms with van der Waals surface area (Å²) in [6.45, 7) is 1.80. The van der Waals surface area contributed by atoms with E-state index < -0.39 is 18.1 Å². The minimum atomic E-state index is -0.739. The molecule has 1 amide bonds. The molecule has 4 rings (SSSR count). The monoisotopic (exact) mass is 430 g/mol. The molecule has 30 heavy (non-hydrogen) atoms. The molecule has 158 valence electrons. The molecule has 7 nitrogen and oxygen atoms in total. The minimum absolute atomic E-state index is 0.0147. The predicted molar refractivity (Wildman–Crippen MR) is 113 cm³/mol. The highest BCUT2D eigenvalue weighted by molar-refractivity contribution is 7.20. The van der Waals surface area contributed by atoms with Crippen molar-refractivity contribution in [1.82, 2.24) is 9.97 Å². The van der Waals surface area contributed by atoms with Gasteiger partial charge in [0, 0.05) is 5.69 Å². The summed E-state index contributed by atoms with van der Waals surface area (Å²) in [5.41, 5.74) is 7.61. The number of nitrogens with zero attached hydrogens (tertiary/aromatic N) is 2. The number of primary amides is 1. The molecule has 0 saturated heterocycles. The Morgan fingerprint density at radius 3 is 2.83 bits per heavy atom. The highest BCUT2D eigenvalue weighted by Crippen LogP contribution is 2.36. The van der Waals surface area contributed by atoms with Crippen LogP contribution in [0.5, 0.6) is 0 Å². The maximum atomic E-state index is 13.9. The predicted octanol–water partition coefficient (Wildman–Crippen LogP) is 3.05. The Hall–Kier alpha value is -2.62. The lowest BCUT2D eigenvalue weighted by atomic mass is 9.95. The van der Waals surface area contributed by atoms with E-state index in [1.165, 1.54) is 29.8 Å². The topological polar surface area (TPSA) is 121 Å². The summed E-state index contributed by atoms with van der Waals surface area (Å²) < 4.78 is 13.9.